The van der Waals surface area contributed by atoms with Crippen LogP contribution in [-0.4, -0.2) is 47.6 Å². The smallest absolute Gasteiger partial charge is 0.450 e. The van der Waals surface area contributed by atoms with Crippen LogP contribution >= 0.6 is 23.8 Å². The van der Waals surface area contributed by atoms with E-state index >= 15 is 0 Å². The summed E-state index contributed by atoms with van der Waals surface area (Å²) in [4.78, 5) is 12.7. The van der Waals surface area contributed by atoms with Crippen molar-refractivity contribution in [3.63, 3.8) is 0 Å². The van der Waals surface area contributed by atoms with Crippen molar-refractivity contribution in [1.29, 1.82) is 0 Å². The quantitative estimate of drug-likeness (QED) is 0.578. The Kier molecular flexibility index (Phi) is 5.43. The van der Waals surface area contributed by atoms with Crippen molar-refractivity contribution in [1.82, 2.24) is 4.90 Å². The fourth-order valence-electron chi connectivity index (χ4n) is 1.92. The van der Waals surface area contributed by atoms with Crippen LogP contribution in [0.1, 0.15) is 19.3 Å². The molecule has 1 saturated carbocycles. The molecule has 0 aromatic heterocycles. The molecule has 3 unspecified atom stereocenters. The summed E-state index contributed by atoms with van der Waals surface area (Å²) in [5, 5.41) is -0.417. The molecule has 0 N–H and O–H groups in total. The molecule has 3 nitrogen and oxygen atoms in total. The van der Waals surface area contributed by atoms with E-state index < -0.39 is 29.4 Å². The number of hydrogen-bond donors (Lipinski definition) is 0. The van der Waals surface area contributed by atoms with Gasteiger partial charge in [0.1, 0.15) is 6.10 Å². The maximum absolute atomic E-state index is 12.3. The zero-order valence-electron chi connectivity index (χ0n) is 10.5. The molecule has 0 aliphatic heterocycles. The second kappa shape index (κ2) is 6.26. The highest BCUT2D eigenvalue weighted by Crippen LogP contribution is 2.35. The van der Waals surface area contributed by atoms with Gasteiger partial charge in [0, 0.05) is 20.0 Å². The van der Waals surface area contributed by atoms with E-state index in [0.29, 0.717) is 0 Å². The number of hydrogen-bond acceptors (Lipinski definition) is 3. The Morgan fingerprint density at radius 2 is 1.95 bits per heavy atom. The van der Waals surface area contributed by atoms with Gasteiger partial charge in [0.05, 0.1) is 5.38 Å². The second-order valence-corrected chi connectivity index (χ2v) is 5.61. The van der Waals surface area contributed by atoms with E-state index in [1.165, 1.54) is 0 Å². The Morgan fingerprint density at radius 3 is 2.37 bits per heavy atom. The minimum atomic E-state index is -4.80. The van der Waals surface area contributed by atoms with Crippen molar-refractivity contribution in [2.45, 2.75) is 36.9 Å². The van der Waals surface area contributed by atoms with Gasteiger partial charge in [0.15, 0.2) is 0 Å². The molecule has 1 aliphatic carbocycles. The molecule has 19 heavy (non-hydrogen) atoms. The molecule has 0 bridgehead atoms. The maximum atomic E-state index is 12.3. The van der Waals surface area contributed by atoms with Gasteiger partial charge in [0.2, 0.25) is 5.78 Å². The van der Waals surface area contributed by atoms with Gasteiger partial charge < -0.3 is 9.64 Å². The van der Waals surface area contributed by atoms with Crippen molar-refractivity contribution < 1.29 is 22.7 Å². The summed E-state index contributed by atoms with van der Waals surface area (Å²) in [6, 6.07) is 0. The molecule has 1 aliphatic rings. The van der Waals surface area contributed by atoms with Crippen molar-refractivity contribution in [3.8, 4) is 0 Å². The minimum Gasteiger partial charge on any atom is -0.466 e. The van der Waals surface area contributed by atoms with Gasteiger partial charge in [-0.05, 0) is 31.5 Å². The Morgan fingerprint density at radius 1 is 1.37 bits per heavy atom. The summed E-state index contributed by atoms with van der Waals surface area (Å²) in [5.74, 6) is -2.78. The van der Waals surface area contributed by atoms with Crippen LogP contribution in [-0.2, 0) is 9.53 Å². The fourth-order valence-corrected chi connectivity index (χ4v) is 2.44. The van der Waals surface area contributed by atoms with E-state index in [9.17, 15) is 18.0 Å². The number of nitrogens with zero attached hydrogens (tertiary/aromatic N) is 1. The van der Waals surface area contributed by atoms with E-state index in [2.05, 4.69) is 0 Å². The number of carbonyl (C=O) groups excluding carboxylic acids is 1. The topological polar surface area (TPSA) is 29.5 Å². The Balaban J connectivity index is 2.57. The number of thiocarbonyl (C=S) groups is 1. The average Bonchev–Trinajstić information content (AvgIpc) is 2.29. The predicted molar refractivity (Wildman–Crippen MR) is 69.2 cm³/mol. The monoisotopic (exact) mass is 317 g/mol. The third kappa shape index (κ3) is 4.49. The highest BCUT2D eigenvalue weighted by molar-refractivity contribution is 7.80. The number of ketones is 1. The van der Waals surface area contributed by atoms with Crippen molar-refractivity contribution in [2.75, 3.05) is 14.1 Å². The van der Waals surface area contributed by atoms with Crippen LogP contribution in [0.4, 0.5) is 13.2 Å². The van der Waals surface area contributed by atoms with Gasteiger partial charge in [-0.15, -0.1) is 11.6 Å². The van der Waals surface area contributed by atoms with Gasteiger partial charge in [0.25, 0.3) is 5.17 Å². The summed E-state index contributed by atoms with van der Waals surface area (Å²) < 4.78 is 42.4. The van der Waals surface area contributed by atoms with Crippen LogP contribution in [0, 0.1) is 5.92 Å². The summed E-state index contributed by atoms with van der Waals surface area (Å²) in [6.45, 7) is 0. The molecule has 0 heterocycles. The number of ether oxygens (including phenoxy) is 1. The van der Waals surface area contributed by atoms with Crippen molar-refractivity contribution >= 4 is 34.8 Å². The first-order chi connectivity index (χ1) is 8.62. The van der Waals surface area contributed by atoms with Crippen LogP contribution in [0.2, 0.25) is 0 Å². The third-order valence-corrected chi connectivity index (χ3v) is 3.90. The highest BCUT2D eigenvalue weighted by atomic mass is 35.5. The summed E-state index contributed by atoms with van der Waals surface area (Å²) >= 11 is 10.9. The van der Waals surface area contributed by atoms with Gasteiger partial charge in [-0.3, -0.25) is 4.79 Å². The average molecular weight is 318 g/mol. The molecule has 0 spiro atoms. The van der Waals surface area contributed by atoms with Gasteiger partial charge >= 0.3 is 6.18 Å². The molecule has 0 aromatic carbocycles. The number of alkyl halides is 4. The highest BCUT2D eigenvalue weighted by Gasteiger charge is 2.46. The van der Waals surface area contributed by atoms with Crippen LogP contribution < -0.4 is 0 Å². The molecule has 8 heteroatoms. The molecule has 110 valence electrons. The lowest BCUT2D eigenvalue weighted by Gasteiger charge is -2.33. The number of halogens is 4. The molecule has 0 aromatic rings. The summed E-state index contributed by atoms with van der Waals surface area (Å²) in [7, 11) is 3.40. The molecule has 0 radical (unpaired) electrons. The van der Waals surface area contributed by atoms with Gasteiger partial charge in [-0.25, -0.2) is 0 Å². The van der Waals surface area contributed by atoms with E-state index in [1.807, 2.05) is 0 Å². The summed E-state index contributed by atoms with van der Waals surface area (Å²) in [5.41, 5.74) is 0. The lowest BCUT2D eigenvalue weighted by Crippen LogP contribution is -2.41. The normalized spacial score (nSPS) is 27.8. The van der Waals surface area contributed by atoms with E-state index in [0.717, 1.165) is 0 Å². The zero-order chi connectivity index (χ0) is 14.8. The molecule has 1 fully saturated rings. The van der Waals surface area contributed by atoms with Crippen LogP contribution in [0.25, 0.3) is 0 Å². The Hall–Kier alpha value is -0.560. The van der Waals surface area contributed by atoms with Crippen LogP contribution in [0.5, 0.6) is 0 Å². The number of rotatable bonds is 2. The molecule has 0 amide bonds. The molecular weight excluding hydrogens is 303 g/mol. The zero-order valence-corrected chi connectivity index (χ0v) is 12.1. The van der Waals surface area contributed by atoms with Crippen molar-refractivity contribution in [3.05, 3.63) is 0 Å². The molecule has 1 rings (SSSR count). The lowest BCUT2D eigenvalue weighted by molar-refractivity contribution is -0.177. The Bertz CT molecular complexity index is 362. The summed E-state index contributed by atoms with van der Waals surface area (Å²) in [6.07, 6.45) is -4.89. The van der Waals surface area contributed by atoms with Crippen molar-refractivity contribution in [2.24, 2.45) is 5.92 Å². The van der Waals surface area contributed by atoms with E-state index in [-0.39, 0.29) is 24.4 Å². The number of Topliss-reactive ketones (excluding diaryl/α,β-unsaturated/α-hetero) is 1. The maximum Gasteiger partial charge on any atom is 0.450 e. The largest absolute Gasteiger partial charge is 0.466 e. The first-order valence-electron chi connectivity index (χ1n) is 5.76. The third-order valence-electron chi connectivity index (χ3n) is 2.98. The fraction of sp³-hybridized carbons (Fsp3) is 0.818. The Labute approximate surface area is 120 Å². The first kappa shape index (κ1) is 16.5. The lowest BCUT2D eigenvalue weighted by atomic mass is 9.84. The van der Waals surface area contributed by atoms with E-state index in [4.69, 9.17) is 28.6 Å². The van der Waals surface area contributed by atoms with E-state index in [1.54, 1.807) is 19.0 Å². The standard InChI is InChI=1S/C11H15ClF3NO2S/c1-16(2)10(19)18-8-4-3-6(5-7(8)12)9(17)11(13,14)15/h6-8H,3-5H2,1-2H3. The molecule has 0 saturated heterocycles. The second-order valence-electron chi connectivity index (χ2n) is 4.70. The molecule has 3 atom stereocenters. The van der Waals surface area contributed by atoms with Gasteiger partial charge in [-0.2, -0.15) is 13.2 Å². The SMILES string of the molecule is CN(C)C(=S)OC1CCC(C(=O)C(F)(F)F)CC1Cl. The first-order valence-corrected chi connectivity index (χ1v) is 6.60. The van der Waals surface area contributed by atoms with Crippen LogP contribution in [0.3, 0.4) is 0 Å². The predicted octanol–water partition coefficient (Wildman–Crippen LogP) is 2.76. The minimum absolute atomic E-state index is 0.0411. The molecular formula is C11H15ClF3NO2S. The number of carbonyl (C=O) groups is 1. The van der Waals surface area contributed by atoms with Gasteiger partial charge in [-0.1, -0.05) is 0 Å². The van der Waals surface area contributed by atoms with Crippen LogP contribution in [0.15, 0.2) is 0 Å².